The first-order chi connectivity index (χ1) is 7.75. The fraction of sp³-hybridized carbons (Fsp3) is 0.300. The first-order valence-electron chi connectivity index (χ1n) is 4.63. The molecule has 0 saturated carbocycles. The van der Waals surface area contributed by atoms with Crippen LogP contribution in [-0.4, -0.2) is 20.7 Å². The van der Waals surface area contributed by atoms with Gasteiger partial charge in [0.25, 0.3) is 0 Å². The van der Waals surface area contributed by atoms with Crippen molar-refractivity contribution >= 4 is 46.9 Å². The molecule has 0 bridgehead atoms. The van der Waals surface area contributed by atoms with Gasteiger partial charge in [-0.25, -0.2) is 4.39 Å². The van der Waals surface area contributed by atoms with Crippen LogP contribution in [-0.2, 0) is 4.79 Å². The van der Waals surface area contributed by atoms with Gasteiger partial charge in [0.2, 0.25) is 5.91 Å². The van der Waals surface area contributed by atoms with Crippen LogP contribution in [0.3, 0.4) is 0 Å². The van der Waals surface area contributed by atoms with Crippen molar-refractivity contribution < 1.29 is 9.18 Å². The third kappa shape index (κ3) is 3.33. The molecule has 86 valence electrons. The second kappa shape index (κ2) is 5.84. The molecule has 16 heavy (non-hydrogen) atoms. The number of nitrogens with one attached hydrogen (secondary N) is 1. The molecule has 0 radical (unpaired) electrons. The van der Waals surface area contributed by atoms with Crippen LogP contribution < -0.4 is 5.32 Å². The van der Waals surface area contributed by atoms with Gasteiger partial charge < -0.3 is 5.32 Å². The minimum Gasteiger partial charge on any atom is -0.324 e. The molecule has 1 heterocycles. The SMILES string of the molecule is O=C(Nc1cccc(F)c1)C1SCSCS1. The molecule has 0 unspecified atom stereocenters. The lowest BCUT2D eigenvalue weighted by Gasteiger charge is -2.19. The maximum absolute atomic E-state index is 12.9. The van der Waals surface area contributed by atoms with Crippen LogP contribution >= 0.6 is 35.3 Å². The highest BCUT2D eigenvalue weighted by molar-refractivity contribution is 8.33. The van der Waals surface area contributed by atoms with Crippen molar-refractivity contribution in [1.29, 1.82) is 0 Å². The molecule has 6 heteroatoms. The Morgan fingerprint density at radius 1 is 1.38 bits per heavy atom. The zero-order valence-electron chi connectivity index (χ0n) is 8.31. The van der Waals surface area contributed by atoms with Gasteiger partial charge in [-0.3, -0.25) is 4.79 Å². The van der Waals surface area contributed by atoms with E-state index in [9.17, 15) is 9.18 Å². The summed E-state index contributed by atoms with van der Waals surface area (Å²) in [6.45, 7) is 0. The lowest BCUT2D eigenvalue weighted by molar-refractivity contribution is -0.114. The number of benzene rings is 1. The lowest BCUT2D eigenvalue weighted by atomic mass is 10.3. The quantitative estimate of drug-likeness (QED) is 0.897. The first-order valence-corrected chi connectivity index (χ1v) is 7.88. The van der Waals surface area contributed by atoms with E-state index < -0.39 is 0 Å². The van der Waals surface area contributed by atoms with Gasteiger partial charge in [-0.05, 0) is 18.2 Å². The molecule has 0 spiro atoms. The molecule has 1 saturated heterocycles. The summed E-state index contributed by atoms with van der Waals surface area (Å²) in [5.41, 5.74) is 0.518. The van der Waals surface area contributed by atoms with Gasteiger partial charge in [0.1, 0.15) is 10.4 Å². The van der Waals surface area contributed by atoms with E-state index in [0.29, 0.717) is 5.69 Å². The summed E-state index contributed by atoms with van der Waals surface area (Å²) in [7, 11) is 0. The van der Waals surface area contributed by atoms with Crippen molar-refractivity contribution in [3.63, 3.8) is 0 Å². The fourth-order valence-corrected chi connectivity index (χ4v) is 5.67. The predicted octanol–water partition coefficient (Wildman–Crippen LogP) is 3.22. The molecule has 1 N–H and O–H groups in total. The molecule has 1 amide bonds. The number of carbonyl (C=O) groups excluding carboxylic acids is 1. The Labute approximate surface area is 106 Å². The molecule has 1 aliphatic heterocycles. The summed E-state index contributed by atoms with van der Waals surface area (Å²) in [5, 5.41) is 4.60. The average molecular weight is 275 g/mol. The number of carbonyl (C=O) groups is 1. The largest absolute Gasteiger partial charge is 0.324 e. The normalized spacial score (nSPS) is 17.1. The summed E-state index contributed by atoms with van der Waals surface area (Å²) in [4.78, 5) is 11.8. The number of hydrogen-bond acceptors (Lipinski definition) is 4. The van der Waals surface area contributed by atoms with E-state index in [1.165, 1.54) is 12.1 Å². The first kappa shape index (κ1) is 12.1. The van der Waals surface area contributed by atoms with Crippen molar-refractivity contribution in [3.05, 3.63) is 30.1 Å². The standard InChI is InChI=1S/C10H10FNOS3/c11-7-2-1-3-8(4-7)12-9(13)10-15-5-14-6-16-10/h1-4,10H,5-6H2,(H,12,13). The molecule has 1 aromatic carbocycles. The Morgan fingerprint density at radius 2 is 2.12 bits per heavy atom. The highest BCUT2D eigenvalue weighted by Gasteiger charge is 2.22. The van der Waals surface area contributed by atoms with Gasteiger partial charge in [0.15, 0.2) is 0 Å². The van der Waals surface area contributed by atoms with Gasteiger partial charge >= 0.3 is 0 Å². The topological polar surface area (TPSA) is 29.1 Å². The van der Waals surface area contributed by atoms with Crippen LogP contribution in [0.4, 0.5) is 10.1 Å². The molecule has 2 nitrogen and oxygen atoms in total. The molecule has 2 rings (SSSR count). The summed E-state index contributed by atoms with van der Waals surface area (Å²) in [6.07, 6.45) is 0. The number of rotatable bonds is 2. The molecule has 1 fully saturated rings. The summed E-state index contributed by atoms with van der Waals surface area (Å²) >= 11 is 5.04. The summed E-state index contributed by atoms with van der Waals surface area (Å²) in [5.74, 6) is -0.391. The predicted molar refractivity (Wildman–Crippen MR) is 71.3 cm³/mol. The van der Waals surface area contributed by atoms with E-state index in [0.717, 1.165) is 10.2 Å². The van der Waals surface area contributed by atoms with E-state index in [1.807, 2.05) is 11.8 Å². The van der Waals surface area contributed by atoms with Crippen LogP contribution in [0.15, 0.2) is 24.3 Å². The average Bonchev–Trinajstić information content (AvgIpc) is 2.30. The van der Waals surface area contributed by atoms with E-state index in [-0.39, 0.29) is 16.3 Å². The van der Waals surface area contributed by atoms with Crippen LogP contribution in [0.25, 0.3) is 0 Å². The van der Waals surface area contributed by atoms with E-state index in [4.69, 9.17) is 0 Å². The zero-order valence-corrected chi connectivity index (χ0v) is 10.8. The zero-order chi connectivity index (χ0) is 11.4. The van der Waals surface area contributed by atoms with E-state index in [2.05, 4.69) is 5.32 Å². The smallest absolute Gasteiger partial charge is 0.247 e. The summed E-state index contributed by atoms with van der Waals surface area (Å²) in [6, 6.07) is 5.96. The number of amides is 1. The fourth-order valence-electron chi connectivity index (χ4n) is 1.22. The maximum atomic E-state index is 12.9. The monoisotopic (exact) mass is 275 g/mol. The van der Waals surface area contributed by atoms with Crippen molar-refractivity contribution in [1.82, 2.24) is 0 Å². The lowest BCUT2D eigenvalue weighted by Crippen LogP contribution is -2.24. The molecule has 1 aromatic rings. The number of halogens is 1. The molecule has 0 atom stereocenters. The summed E-state index contributed by atoms with van der Waals surface area (Å²) < 4.78 is 12.8. The third-order valence-corrected chi connectivity index (χ3v) is 6.18. The number of anilines is 1. The highest BCUT2D eigenvalue weighted by Crippen LogP contribution is 2.36. The van der Waals surface area contributed by atoms with Crippen LogP contribution in [0.5, 0.6) is 0 Å². The van der Waals surface area contributed by atoms with E-state index >= 15 is 0 Å². The Bertz CT molecular complexity index is 382. The van der Waals surface area contributed by atoms with Crippen molar-refractivity contribution in [2.75, 3.05) is 15.5 Å². The highest BCUT2D eigenvalue weighted by atomic mass is 32.3. The second-order valence-corrected chi connectivity index (χ2v) is 7.31. The Kier molecular flexibility index (Phi) is 4.43. The van der Waals surface area contributed by atoms with Gasteiger partial charge in [-0.1, -0.05) is 6.07 Å². The van der Waals surface area contributed by atoms with Crippen LogP contribution in [0.2, 0.25) is 0 Å². The van der Waals surface area contributed by atoms with Crippen molar-refractivity contribution in [2.45, 2.75) is 4.58 Å². The number of hydrogen-bond donors (Lipinski definition) is 1. The van der Waals surface area contributed by atoms with Gasteiger partial charge in [-0.15, -0.1) is 35.3 Å². The molecular weight excluding hydrogens is 265 g/mol. The molecule has 0 aliphatic carbocycles. The number of thioether (sulfide) groups is 3. The van der Waals surface area contributed by atoms with Crippen LogP contribution in [0.1, 0.15) is 0 Å². The van der Waals surface area contributed by atoms with E-state index in [1.54, 1.807) is 35.7 Å². The minimum absolute atomic E-state index is 0.0547. The van der Waals surface area contributed by atoms with Crippen molar-refractivity contribution in [2.24, 2.45) is 0 Å². The molecule has 0 aromatic heterocycles. The third-order valence-electron chi connectivity index (χ3n) is 1.91. The molecular formula is C10H10FNOS3. The van der Waals surface area contributed by atoms with Gasteiger partial charge in [0.05, 0.1) is 0 Å². The van der Waals surface area contributed by atoms with Crippen LogP contribution in [0, 0.1) is 5.82 Å². The van der Waals surface area contributed by atoms with Gasteiger partial charge in [0, 0.05) is 15.9 Å². The maximum Gasteiger partial charge on any atom is 0.247 e. The Balaban J connectivity index is 1.96. The van der Waals surface area contributed by atoms with Gasteiger partial charge in [-0.2, -0.15) is 0 Å². The van der Waals surface area contributed by atoms with Crippen molar-refractivity contribution in [3.8, 4) is 0 Å². The Morgan fingerprint density at radius 3 is 2.81 bits per heavy atom. The Hall–Kier alpha value is -0.330. The second-order valence-electron chi connectivity index (χ2n) is 3.10. The minimum atomic E-state index is -0.336. The molecule has 1 aliphatic rings.